The Hall–Kier alpha value is -4.18. The van der Waals surface area contributed by atoms with Crippen molar-refractivity contribution in [1.29, 1.82) is 0 Å². The average Bonchev–Trinajstić information content (AvgIpc) is 3.28. The quantitative estimate of drug-likeness (QED) is 0.444. The van der Waals surface area contributed by atoms with E-state index in [1.807, 2.05) is 30.3 Å². The lowest BCUT2D eigenvalue weighted by Gasteiger charge is -2.35. The van der Waals surface area contributed by atoms with Crippen molar-refractivity contribution in [3.8, 4) is 11.4 Å². The molecule has 1 aliphatic rings. The minimum atomic E-state index is -0.363. The van der Waals surface area contributed by atoms with Crippen LogP contribution in [0.15, 0.2) is 65.5 Å². The van der Waals surface area contributed by atoms with Gasteiger partial charge in [0, 0.05) is 26.2 Å². The molecule has 0 aliphatic carbocycles. The summed E-state index contributed by atoms with van der Waals surface area (Å²) in [4.78, 5) is 24.3. The van der Waals surface area contributed by atoms with Gasteiger partial charge >= 0.3 is 0 Å². The third kappa shape index (κ3) is 3.67. The molecule has 0 bridgehead atoms. The molecule has 1 N–H and O–H groups in total. The normalized spacial score (nSPS) is 14.8. The van der Waals surface area contributed by atoms with Crippen molar-refractivity contribution in [3.63, 3.8) is 0 Å². The number of nitrogens with zero attached hydrogens (tertiary/aromatic N) is 7. The van der Waals surface area contributed by atoms with Crippen molar-refractivity contribution < 1.29 is 4.39 Å². The highest BCUT2D eigenvalue weighted by Crippen LogP contribution is 2.22. The van der Waals surface area contributed by atoms with Crippen LogP contribution in [0.3, 0.4) is 0 Å². The lowest BCUT2D eigenvalue weighted by Crippen LogP contribution is -2.46. The van der Waals surface area contributed by atoms with Crippen LogP contribution < -0.4 is 10.5 Å². The van der Waals surface area contributed by atoms with Gasteiger partial charge < -0.3 is 9.88 Å². The van der Waals surface area contributed by atoms with Gasteiger partial charge in [-0.3, -0.25) is 9.69 Å². The molecule has 9 nitrogen and oxygen atoms in total. The van der Waals surface area contributed by atoms with Gasteiger partial charge in [-0.1, -0.05) is 24.3 Å². The lowest BCUT2D eigenvalue weighted by molar-refractivity contribution is 0.243. The number of H-pyrrole nitrogens is 1. The molecule has 1 fully saturated rings. The Morgan fingerprint density at radius 3 is 2.56 bits per heavy atom. The first-order valence-electron chi connectivity index (χ1n) is 11.1. The number of aromatic amines is 1. The summed E-state index contributed by atoms with van der Waals surface area (Å²) in [6.45, 7) is 3.67. The maximum atomic E-state index is 14.3. The fraction of sp³-hybridized carbons (Fsp3) is 0.208. The van der Waals surface area contributed by atoms with Gasteiger partial charge in [0.1, 0.15) is 17.5 Å². The van der Waals surface area contributed by atoms with E-state index >= 15 is 0 Å². The van der Waals surface area contributed by atoms with Crippen molar-refractivity contribution in [2.75, 3.05) is 31.1 Å². The average molecular weight is 456 g/mol. The summed E-state index contributed by atoms with van der Waals surface area (Å²) in [6.07, 6.45) is 0. The van der Waals surface area contributed by atoms with Crippen molar-refractivity contribution in [2.45, 2.75) is 6.54 Å². The van der Waals surface area contributed by atoms with Crippen molar-refractivity contribution in [2.24, 2.45) is 0 Å². The smallest absolute Gasteiger partial charge is 0.258 e. The van der Waals surface area contributed by atoms with Gasteiger partial charge in [0.15, 0.2) is 11.5 Å². The highest BCUT2D eigenvalue weighted by Gasteiger charge is 2.21. The van der Waals surface area contributed by atoms with Gasteiger partial charge in [0.25, 0.3) is 5.56 Å². The molecule has 170 valence electrons. The maximum absolute atomic E-state index is 14.3. The predicted octanol–water partition coefficient (Wildman–Crippen LogP) is 2.49. The molecule has 0 amide bonds. The first-order valence-corrected chi connectivity index (χ1v) is 11.1. The number of aromatic nitrogens is 6. The Morgan fingerprint density at radius 2 is 1.71 bits per heavy atom. The molecule has 0 unspecified atom stereocenters. The van der Waals surface area contributed by atoms with Gasteiger partial charge in [0.2, 0.25) is 0 Å². The largest absolute Gasteiger partial charge is 0.353 e. The number of rotatable bonds is 4. The van der Waals surface area contributed by atoms with E-state index in [-0.39, 0.29) is 11.4 Å². The molecular weight excluding hydrogens is 435 g/mol. The zero-order chi connectivity index (χ0) is 23.1. The van der Waals surface area contributed by atoms with Crippen LogP contribution in [-0.4, -0.2) is 60.9 Å². The van der Waals surface area contributed by atoms with Gasteiger partial charge in [-0.15, -0.1) is 15.3 Å². The van der Waals surface area contributed by atoms with E-state index in [4.69, 9.17) is 5.10 Å². The second kappa shape index (κ2) is 8.31. The molecule has 0 radical (unpaired) electrons. The molecule has 34 heavy (non-hydrogen) atoms. The van der Waals surface area contributed by atoms with Gasteiger partial charge in [-0.25, -0.2) is 9.37 Å². The predicted molar refractivity (Wildman–Crippen MR) is 126 cm³/mol. The van der Waals surface area contributed by atoms with E-state index < -0.39 is 0 Å². The molecule has 4 heterocycles. The first kappa shape index (κ1) is 20.4. The monoisotopic (exact) mass is 456 g/mol. The molecule has 1 aliphatic heterocycles. The molecule has 5 aromatic rings. The van der Waals surface area contributed by atoms with Gasteiger partial charge in [-0.05, 0) is 36.4 Å². The van der Waals surface area contributed by atoms with Gasteiger partial charge in [0.05, 0.1) is 23.0 Å². The highest BCUT2D eigenvalue weighted by atomic mass is 19.1. The van der Waals surface area contributed by atoms with Crippen LogP contribution in [0.1, 0.15) is 5.82 Å². The van der Waals surface area contributed by atoms with Crippen molar-refractivity contribution in [1.82, 2.24) is 34.7 Å². The van der Waals surface area contributed by atoms with E-state index in [9.17, 15) is 9.18 Å². The van der Waals surface area contributed by atoms with E-state index in [1.165, 1.54) is 6.07 Å². The standard InChI is InChI=1S/C24H21FN8O/c25-18-7-3-1-5-16(18)23-29-28-21-9-10-22(30-33(21)23)32-13-11-31(12-14-32)15-20-26-19-8-4-2-6-17(19)24(34)27-20/h1-10H,11-15H2,(H,26,27,34). The number of benzene rings is 2. The molecule has 6 rings (SSSR count). The minimum Gasteiger partial charge on any atom is -0.353 e. The summed E-state index contributed by atoms with van der Waals surface area (Å²) in [5.74, 6) is 1.45. The minimum absolute atomic E-state index is 0.115. The second-order valence-electron chi connectivity index (χ2n) is 8.26. The first-order chi connectivity index (χ1) is 16.7. The molecule has 3 aromatic heterocycles. The number of hydrogen-bond acceptors (Lipinski definition) is 7. The maximum Gasteiger partial charge on any atom is 0.258 e. The molecule has 10 heteroatoms. The SMILES string of the molecule is O=c1[nH]c(CN2CCN(c3ccc4nnc(-c5ccccc5F)n4n3)CC2)nc2ccccc12. The topological polar surface area (TPSA) is 95.3 Å². The Balaban J connectivity index is 1.19. The molecule has 2 aromatic carbocycles. The zero-order valence-electron chi connectivity index (χ0n) is 18.2. The molecule has 0 spiro atoms. The van der Waals surface area contributed by atoms with Crippen LogP contribution in [0.2, 0.25) is 0 Å². The summed E-state index contributed by atoms with van der Waals surface area (Å²) >= 11 is 0. The third-order valence-electron chi connectivity index (χ3n) is 6.10. The summed E-state index contributed by atoms with van der Waals surface area (Å²) in [5, 5.41) is 13.6. The number of anilines is 1. The number of hydrogen-bond donors (Lipinski definition) is 1. The second-order valence-corrected chi connectivity index (χ2v) is 8.26. The summed E-state index contributed by atoms with van der Waals surface area (Å²) in [7, 11) is 0. The van der Waals surface area contributed by atoms with Gasteiger partial charge in [-0.2, -0.15) is 4.52 Å². The van der Waals surface area contributed by atoms with Crippen LogP contribution in [0, 0.1) is 5.82 Å². The number of nitrogens with one attached hydrogen (secondary N) is 1. The highest BCUT2D eigenvalue weighted by molar-refractivity contribution is 5.77. The number of fused-ring (bicyclic) bond motifs is 2. The van der Waals surface area contributed by atoms with Crippen LogP contribution >= 0.6 is 0 Å². The number of piperazine rings is 1. The Kier molecular flexibility index (Phi) is 4.99. The van der Waals surface area contributed by atoms with Crippen LogP contribution in [0.5, 0.6) is 0 Å². The van der Waals surface area contributed by atoms with Crippen LogP contribution in [0.4, 0.5) is 10.2 Å². The van der Waals surface area contributed by atoms with E-state index in [1.54, 1.807) is 28.8 Å². The Morgan fingerprint density at radius 1 is 0.912 bits per heavy atom. The summed E-state index contributed by atoms with van der Waals surface area (Å²) in [6, 6.07) is 17.6. The third-order valence-corrected chi connectivity index (χ3v) is 6.10. The Labute approximate surface area is 193 Å². The summed E-state index contributed by atoms with van der Waals surface area (Å²) in [5.41, 5.74) is 1.52. The number of para-hydroxylation sites is 1. The van der Waals surface area contributed by atoms with E-state index in [0.29, 0.717) is 40.3 Å². The van der Waals surface area contributed by atoms with Crippen LogP contribution in [0.25, 0.3) is 27.9 Å². The summed E-state index contributed by atoms with van der Waals surface area (Å²) < 4.78 is 15.9. The Bertz CT molecular complexity index is 1550. The van der Waals surface area contributed by atoms with E-state index in [2.05, 4.69) is 30.0 Å². The molecule has 1 saturated heterocycles. The molecule has 0 atom stereocenters. The fourth-order valence-corrected chi connectivity index (χ4v) is 4.32. The molecular formula is C24H21FN8O. The fourth-order valence-electron chi connectivity index (χ4n) is 4.32. The molecule has 0 saturated carbocycles. The lowest BCUT2D eigenvalue weighted by atomic mass is 10.2. The zero-order valence-corrected chi connectivity index (χ0v) is 18.2. The van der Waals surface area contributed by atoms with E-state index in [0.717, 1.165) is 32.0 Å². The van der Waals surface area contributed by atoms with Crippen LogP contribution in [-0.2, 0) is 6.54 Å². The number of halogens is 1. The van der Waals surface area contributed by atoms with Crippen molar-refractivity contribution >= 4 is 22.4 Å². The van der Waals surface area contributed by atoms with Crippen molar-refractivity contribution in [3.05, 3.63) is 82.7 Å².